The second-order valence-corrected chi connectivity index (χ2v) is 5.45. The molecule has 1 aromatic rings. The van der Waals surface area contributed by atoms with Crippen LogP contribution < -0.4 is 10.5 Å². The van der Waals surface area contributed by atoms with E-state index in [0.29, 0.717) is 22.9 Å². The zero-order chi connectivity index (χ0) is 14.0. The lowest BCUT2D eigenvalue weighted by Crippen LogP contribution is -2.38. The maximum absolute atomic E-state index is 12.6. The molecule has 2 rings (SSSR count). The monoisotopic (exact) mass is 262 g/mol. The van der Waals surface area contributed by atoms with Gasteiger partial charge in [-0.3, -0.25) is 4.79 Å². The summed E-state index contributed by atoms with van der Waals surface area (Å²) in [4.78, 5) is 14.5. The number of nitrogens with zero attached hydrogens (tertiary/aromatic N) is 1. The maximum Gasteiger partial charge on any atom is 0.256 e. The predicted molar refractivity (Wildman–Crippen MR) is 76.3 cm³/mol. The van der Waals surface area contributed by atoms with Crippen molar-refractivity contribution in [2.45, 2.75) is 32.7 Å². The molecule has 2 N–H and O–H groups in total. The van der Waals surface area contributed by atoms with Crippen molar-refractivity contribution in [3.8, 4) is 5.75 Å². The van der Waals surface area contributed by atoms with Crippen molar-refractivity contribution in [3.63, 3.8) is 0 Å². The van der Waals surface area contributed by atoms with E-state index in [1.807, 2.05) is 18.7 Å². The van der Waals surface area contributed by atoms with E-state index in [1.54, 1.807) is 25.3 Å². The Hall–Kier alpha value is -1.71. The average molecular weight is 262 g/mol. The minimum Gasteiger partial charge on any atom is -0.497 e. The van der Waals surface area contributed by atoms with Crippen LogP contribution in [0.3, 0.4) is 0 Å². The van der Waals surface area contributed by atoms with Crippen LogP contribution in [-0.2, 0) is 0 Å². The van der Waals surface area contributed by atoms with Crippen LogP contribution in [0.25, 0.3) is 0 Å². The number of amides is 1. The second kappa shape index (κ2) is 5.51. The maximum atomic E-state index is 12.6. The number of hydrogen-bond acceptors (Lipinski definition) is 3. The van der Waals surface area contributed by atoms with Crippen LogP contribution >= 0.6 is 0 Å². The highest BCUT2D eigenvalue weighted by atomic mass is 16.5. The summed E-state index contributed by atoms with van der Waals surface area (Å²) in [6, 6.07) is 5.40. The lowest BCUT2D eigenvalue weighted by Gasteiger charge is -2.27. The van der Waals surface area contributed by atoms with Gasteiger partial charge in [0.1, 0.15) is 5.75 Å². The Morgan fingerprint density at radius 3 is 2.68 bits per heavy atom. The first-order chi connectivity index (χ1) is 9.02. The van der Waals surface area contributed by atoms with Gasteiger partial charge in [-0.25, -0.2) is 0 Å². The summed E-state index contributed by atoms with van der Waals surface area (Å²) in [5, 5.41) is 0. The van der Waals surface area contributed by atoms with Crippen molar-refractivity contribution in [2.75, 3.05) is 19.4 Å². The second-order valence-electron chi connectivity index (χ2n) is 5.45. The Bertz CT molecular complexity index is 467. The first kappa shape index (κ1) is 13.7. The van der Waals surface area contributed by atoms with Gasteiger partial charge >= 0.3 is 0 Å². The molecule has 0 heterocycles. The zero-order valence-corrected chi connectivity index (χ0v) is 11.8. The molecule has 0 aromatic heterocycles. The lowest BCUT2D eigenvalue weighted by atomic mass is 10.1. The molecule has 104 valence electrons. The summed E-state index contributed by atoms with van der Waals surface area (Å²) in [6.45, 7) is 4.90. The van der Waals surface area contributed by atoms with E-state index in [4.69, 9.17) is 10.5 Å². The highest BCUT2D eigenvalue weighted by Crippen LogP contribution is 2.31. The van der Waals surface area contributed by atoms with Crippen molar-refractivity contribution in [3.05, 3.63) is 23.8 Å². The Morgan fingerprint density at radius 1 is 1.47 bits per heavy atom. The van der Waals surface area contributed by atoms with Gasteiger partial charge in [0, 0.05) is 18.3 Å². The van der Waals surface area contributed by atoms with Crippen molar-refractivity contribution in [1.29, 1.82) is 0 Å². The summed E-state index contributed by atoms with van der Waals surface area (Å²) in [5.41, 5.74) is 6.97. The van der Waals surface area contributed by atoms with Gasteiger partial charge in [-0.2, -0.15) is 0 Å². The largest absolute Gasteiger partial charge is 0.497 e. The molecule has 0 saturated heterocycles. The topological polar surface area (TPSA) is 55.6 Å². The van der Waals surface area contributed by atoms with E-state index in [2.05, 4.69) is 0 Å². The van der Waals surface area contributed by atoms with Gasteiger partial charge < -0.3 is 15.4 Å². The Labute approximate surface area is 114 Å². The molecule has 1 aliphatic carbocycles. The fraction of sp³-hybridized carbons (Fsp3) is 0.533. The third-order valence-corrected chi connectivity index (χ3v) is 3.53. The molecule has 19 heavy (non-hydrogen) atoms. The number of benzene rings is 1. The van der Waals surface area contributed by atoms with Crippen LogP contribution in [0.5, 0.6) is 5.75 Å². The van der Waals surface area contributed by atoms with E-state index in [-0.39, 0.29) is 11.9 Å². The number of hydrogen-bond donors (Lipinski definition) is 1. The first-order valence-corrected chi connectivity index (χ1v) is 6.77. The predicted octanol–water partition coefficient (Wildman–Crippen LogP) is 2.54. The van der Waals surface area contributed by atoms with Gasteiger partial charge in [0.2, 0.25) is 0 Å². The minimum atomic E-state index is -0.00157. The van der Waals surface area contributed by atoms with Crippen LogP contribution in [0.15, 0.2) is 18.2 Å². The molecule has 0 spiro atoms. The van der Waals surface area contributed by atoms with Gasteiger partial charge in [0.25, 0.3) is 5.91 Å². The molecule has 1 aromatic carbocycles. The van der Waals surface area contributed by atoms with Gasteiger partial charge in [-0.15, -0.1) is 0 Å². The minimum absolute atomic E-state index is 0.00157. The fourth-order valence-corrected chi connectivity index (χ4v) is 2.11. The van der Waals surface area contributed by atoms with Gasteiger partial charge in [-0.05, 0) is 50.8 Å². The molecule has 1 aliphatic rings. The van der Waals surface area contributed by atoms with Crippen molar-refractivity contribution in [2.24, 2.45) is 5.92 Å². The molecule has 0 aliphatic heterocycles. The lowest BCUT2D eigenvalue weighted by molar-refractivity contribution is 0.0697. The molecule has 4 nitrogen and oxygen atoms in total. The number of carbonyl (C=O) groups excluding carboxylic acids is 1. The Balaban J connectivity index is 2.24. The molecular formula is C15H22N2O2. The van der Waals surface area contributed by atoms with Crippen molar-refractivity contribution in [1.82, 2.24) is 4.90 Å². The standard InChI is InChI=1S/C15H22N2O2/c1-10(2)17(9-11-4-5-11)15(18)13-8-12(19-3)6-7-14(13)16/h6-8,10-11H,4-5,9,16H2,1-3H3. The Kier molecular flexibility index (Phi) is 3.98. The van der Waals surface area contributed by atoms with E-state index in [1.165, 1.54) is 12.8 Å². The number of ether oxygens (including phenoxy) is 1. The highest BCUT2D eigenvalue weighted by Gasteiger charge is 2.29. The normalized spacial score (nSPS) is 14.5. The summed E-state index contributed by atoms with van der Waals surface area (Å²) in [6.07, 6.45) is 2.45. The molecule has 1 amide bonds. The smallest absolute Gasteiger partial charge is 0.256 e. The van der Waals surface area contributed by atoms with Crippen LogP contribution in [0, 0.1) is 5.92 Å². The van der Waals surface area contributed by atoms with E-state index in [0.717, 1.165) is 6.54 Å². The van der Waals surface area contributed by atoms with Crippen molar-refractivity contribution < 1.29 is 9.53 Å². The van der Waals surface area contributed by atoms with Crippen LogP contribution in [0.2, 0.25) is 0 Å². The van der Waals surface area contributed by atoms with Gasteiger partial charge in [0.15, 0.2) is 0 Å². The van der Waals surface area contributed by atoms with Crippen LogP contribution in [-0.4, -0.2) is 30.5 Å². The number of nitrogen functional groups attached to an aromatic ring is 1. The molecule has 0 radical (unpaired) electrons. The quantitative estimate of drug-likeness (QED) is 0.830. The first-order valence-electron chi connectivity index (χ1n) is 6.77. The highest BCUT2D eigenvalue weighted by molar-refractivity contribution is 5.99. The van der Waals surface area contributed by atoms with Crippen LogP contribution in [0.1, 0.15) is 37.0 Å². The summed E-state index contributed by atoms with van der Waals surface area (Å²) < 4.78 is 5.17. The summed E-state index contributed by atoms with van der Waals surface area (Å²) >= 11 is 0. The van der Waals surface area contributed by atoms with E-state index < -0.39 is 0 Å². The third kappa shape index (κ3) is 3.19. The molecule has 0 bridgehead atoms. The molecular weight excluding hydrogens is 240 g/mol. The fourth-order valence-electron chi connectivity index (χ4n) is 2.11. The van der Waals surface area contributed by atoms with Crippen LogP contribution in [0.4, 0.5) is 5.69 Å². The van der Waals surface area contributed by atoms with Gasteiger partial charge in [0.05, 0.1) is 12.7 Å². The number of carbonyl (C=O) groups is 1. The number of anilines is 1. The van der Waals surface area contributed by atoms with E-state index in [9.17, 15) is 4.79 Å². The molecule has 1 saturated carbocycles. The van der Waals surface area contributed by atoms with Crippen molar-refractivity contribution >= 4 is 11.6 Å². The van der Waals surface area contributed by atoms with E-state index >= 15 is 0 Å². The average Bonchev–Trinajstić information content (AvgIpc) is 3.19. The number of rotatable bonds is 5. The molecule has 1 fully saturated rings. The molecule has 4 heteroatoms. The summed E-state index contributed by atoms with van der Waals surface area (Å²) in [5.74, 6) is 1.32. The third-order valence-electron chi connectivity index (χ3n) is 3.53. The number of nitrogens with two attached hydrogens (primary N) is 1. The molecule has 0 atom stereocenters. The Morgan fingerprint density at radius 2 is 2.16 bits per heavy atom. The summed E-state index contributed by atoms with van der Waals surface area (Å²) in [7, 11) is 1.59. The van der Waals surface area contributed by atoms with Gasteiger partial charge in [-0.1, -0.05) is 0 Å². The SMILES string of the molecule is COc1ccc(N)c(C(=O)N(CC2CC2)C(C)C)c1. The number of methoxy groups -OCH3 is 1. The molecule has 0 unspecified atom stereocenters. The zero-order valence-electron chi connectivity index (χ0n) is 11.8.